The molecule has 0 saturated carbocycles. The first-order valence-corrected chi connectivity index (χ1v) is 8.75. The second-order valence-corrected chi connectivity index (χ2v) is 6.39. The van der Waals surface area contributed by atoms with Gasteiger partial charge in [0.05, 0.1) is 11.2 Å². The van der Waals surface area contributed by atoms with Crippen molar-refractivity contribution in [3.63, 3.8) is 0 Å². The number of benzene rings is 1. The molecule has 9 heteroatoms. The number of aromatic nitrogens is 4. The molecule has 0 saturated heterocycles. The van der Waals surface area contributed by atoms with Crippen LogP contribution in [0.5, 0.6) is 0 Å². The normalized spacial score (nSPS) is 11.8. The van der Waals surface area contributed by atoms with Crippen molar-refractivity contribution in [1.82, 2.24) is 19.6 Å². The lowest BCUT2D eigenvalue weighted by molar-refractivity contribution is -0.119. The van der Waals surface area contributed by atoms with Gasteiger partial charge in [-0.3, -0.25) is 19.0 Å². The van der Waals surface area contributed by atoms with E-state index < -0.39 is 6.04 Å². The second kappa shape index (κ2) is 8.05. The third-order valence-corrected chi connectivity index (χ3v) is 4.13. The van der Waals surface area contributed by atoms with Gasteiger partial charge in [-0.15, -0.1) is 0 Å². The van der Waals surface area contributed by atoms with Gasteiger partial charge in [0.15, 0.2) is 5.69 Å². The van der Waals surface area contributed by atoms with Crippen LogP contribution < -0.4 is 10.6 Å². The van der Waals surface area contributed by atoms with Crippen molar-refractivity contribution in [1.29, 1.82) is 0 Å². The minimum absolute atomic E-state index is 0.192. The Morgan fingerprint density at radius 2 is 1.81 bits per heavy atom. The highest BCUT2D eigenvalue weighted by atomic mass is 35.5. The fourth-order valence-electron chi connectivity index (χ4n) is 2.57. The Bertz CT molecular complexity index is 947. The number of amides is 2. The number of nitrogens with zero attached hydrogens (tertiary/aromatic N) is 4. The first-order valence-electron chi connectivity index (χ1n) is 8.38. The Balaban J connectivity index is 1.63. The molecule has 2 N–H and O–H groups in total. The highest BCUT2D eigenvalue weighted by molar-refractivity contribution is 6.30. The monoisotopic (exact) mass is 386 g/mol. The third-order valence-electron chi connectivity index (χ3n) is 3.94. The molecule has 0 aliphatic heterocycles. The standard InChI is InChI=1S/C18H19ClN6O2/c1-3-16(25-11-12(19)10-20-25)18(27)22-14-6-4-13(5-7-14)21-17(26)15-8-9-24(2)23-15/h4-11,16H,3H2,1-2H3,(H,21,26)(H,22,27). The molecule has 2 heterocycles. The van der Waals surface area contributed by atoms with E-state index in [4.69, 9.17) is 11.6 Å². The van der Waals surface area contributed by atoms with Crippen LogP contribution in [0.4, 0.5) is 11.4 Å². The summed E-state index contributed by atoms with van der Waals surface area (Å²) < 4.78 is 3.10. The molecule has 0 bridgehead atoms. The molecule has 0 spiro atoms. The number of carbonyl (C=O) groups is 2. The summed E-state index contributed by atoms with van der Waals surface area (Å²) in [5.41, 5.74) is 1.56. The molecule has 0 aliphatic carbocycles. The summed E-state index contributed by atoms with van der Waals surface area (Å²) in [6.07, 6.45) is 5.38. The molecule has 1 atom stereocenters. The molecule has 27 heavy (non-hydrogen) atoms. The predicted molar refractivity (Wildman–Crippen MR) is 103 cm³/mol. The van der Waals surface area contributed by atoms with Crippen molar-refractivity contribution < 1.29 is 9.59 Å². The van der Waals surface area contributed by atoms with Gasteiger partial charge in [0.1, 0.15) is 6.04 Å². The van der Waals surface area contributed by atoms with Crippen molar-refractivity contribution in [2.75, 3.05) is 10.6 Å². The first kappa shape index (κ1) is 18.7. The number of aryl methyl sites for hydroxylation is 1. The quantitative estimate of drug-likeness (QED) is 0.680. The van der Waals surface area contributed by atoms with Gasteiger partial charge in [-0.25, -0.2) is 0 Å². The summed E-state index contributed by atoms with van der Waals surface area (Å²) in [6, 6.07) is 8.03. The van der Waals surface area contributed by atoms with Crippen molar-refractivity contribution >= 4 is 34.8 Å². The van der Waals surface area contributed by atoms with Crippen LogP contribution in [0.2, 0.25) is 5.02 Å². The topological polar surface area (TPSA) is 93.8 Å². The van der Waals surface area contributed by atoms with E-state index in [9.17, 15) is 9.59 Å². The Hall–Kier alpha value is -3.13. The van der Waals surface area contributed by atoms with Gasteiger partial charge < -0.3 is 10.6 Å². The lowest BCUT2D eigenvalue weighted by atomic mass is 10.2. The van der Waals surface area contributed by atoms with Crippen LogP contribution in [0.25, 0.3) is 0 Å². The van der Waals surface area contributed by atoms with Crippen LogP contribution in [-0.2, 0) is 11.8 Å². The number of anilines is 2. The molecule has 0 radical (unpaired) electrons. The number of carbonyl (C=O) groups excluding carboxylic acids is 2. The summed E-state index contributed by atoms with van der Waals surface area (Å²) in [5.74, 6) is -0.489. The Kier molecular flexibility index (Phi) is 5.56. The average Bonchev–Trinajstić information content (AvgIpc) is 3.26. The molecule has 0 fully saturated rings. The number of hydrogen-bond acceptors (Lipinski definition) is 4. The third kappa shape index (κ3) is 4.53. The molecule has 3 rings (SSSR count). The van der Waals surface area contributed by atoms with E-state index in [1.165, 1.54) is 6.20 Å². The van der Waals surface area contributed by atoms with E-state index in [-0.39, 0.29) is 11.8 Å². The zero-order valence-electron chi connectivity index (χ0n) is 14.9. The number of halogens is 1. The SMILES string of the molecule is CCC(C(=O)Nc1ccc(NC(=O)c2ccn(C)n2)cc1)n1cc(Cl)cn1. The van der Waals surface area contributed by atoms with E-state index in [1.807, 2.05) is 6.92 Å². The van der Waals surface area contributed by atoms with Crippen molar-refractivity contribution in [3.05, 3.63) is 59.6 Å². The average molecular weight is 387 g/mol. The Morgan fingerprint density at radius 1 is 1.15 bits per heavy atom. The van der Waals surface area contributed by atoms with Crippen molar-refractivity contribution in [2.45, 2.75) is 19.4 Å². The number of nitrogens with one attached hydrogen (secondary N) is 2. The summed E-state index contributed by atoms with van der Waals surface area (Å²) in [5, 5.41) is 14.2. The van der Waals surface area contributed by atoms with Crippen LogP contribution in [0.3, 0.4) is 0 Å². The Morgan fingerprint density at radius 3 is 2.33 bits per heavy atom. The van der Waals surface area contributed by atoms with Gasteiger partial charge in [-0.05, 0) is 36.8 Å². The fraction of sp³-hybridized carbons (Fsp3) is 0.222. The van der Waals surface area contributed by atoms with Crippen LogP contribution in [0.1, 0.15) is 29.9 Å². The first-order chi connectivity index (χ1) is 13.0. The second-order valence-electron chi connectivity index (χ2n) is 5.96. The molecule has 2 amide bonds. The predicted octanol–water partition coefficient (Wildman–Crippen LogP) is 3.11. The molecule has 8 nitrogen and oxygen atoms in total. The molecule has 3 aromatic rings. The fourth-order valence-corrected chi connectivity index (χ4v) is 2.72. The molecular weight excluding hydrogens is 368 g/mol. The zero-order valence-corrected chi connectivity index (χ0v) is 15.6. The van der Waals surface area contributed by atoms with E-state index in [0.29, 0.717) is 28.5 Å². The van der Waals surface area contributed by atoms with Gasteiger partial charge in [0.2, 0.25) is 5.91 Å². The van der Waals surface area contributed by atoms with E-state index in [0.717, 1.165) is 0 Å². The van der Waals surface area contributed by atoms with E-state index in [2.05, 4.69) is 20.8 Å². The maximum absolute atomic E-state index is 12.5. The van der Waals surface area contributed by atoms with Gasteiger partial charge >= 0.3 is 0 Å². The van der Waals surface area contributed by atoms with Crippen LogP contribution >= 0.6 is 11.6 Å². The summed E-state index contributed by atoms with van der Waals surface area (Å²) in [6.45, 7) is 1.90. The van der Waals surface area contributed by atoms with Gasteiger partial charge in [0, 0.05) is 30.8 Å². The zero-order chi connectivity index (χ0) is 19.4. The summed E-state index contributed by atoms with van der Waals surface area (Å²) in [4.78, 5) is 24.6. The minimum Gasteiger partial charge on any atom is -0.324 e. The Labute approximate surface area is 161 Å². The van der Waals surface area contributed by atoms with Crippen LogP contribution in [0.15, 0.2) is 48.9 Å². The molecule has 140 valence electrons. The van der Waals surface area contributed by atoms with Crippen LogP contribution in [0, 0.1) is 0 Å². The summed E-state index contributed by atoms with van der Waals surface area (Å²) >= 11 is 5.88. The van der Waals surface area contributed by atoms with Crippen molar-refractivity contribution in [2.24, 2.45) is 7.05 Å². The van der Waals surface area contributed by atoms with E-state index >= 15 is 0 Å². The van der Waals surface area contributed by atoms with Gasteiger partial charge in [0.25, 0.3) is 5.91 Å². The molecular formula is C18H19ClN6O2. The minimum atomic E-state index is -0.457. The number of hydrogen-bond donors (Lipinski definition) is 2. The number of rotatable bonds is 6. The molecule has 1 aromatic carbocycles. The van der Waals surface area contributed by atoms with Gasteiger partial charge in [-0.1, -0.05) is 18.5 Å². The molecule has 1 unspecified atom stereocenters. The van der Waals surface area contributed by atoms with E-state index in [1.54, 1.807) is 59.1 Å². The highest BCUT2D eigenvalue weighted by Crippen LogP contribution is 2.19. The molecule has 0 aliphatic rings. The molecule has 2 aromatic heterocycles. The smallest absolute Gasteiger partial charge is 0.276 e. The van der Waals surface area contributed by atoms with Crippen LogP contribution in [-0.4, -0.2) is 31.4 Å². The van der Waals surface area contributed by atoms with Gasteiger partial charge in [-0.2, -0.15) is 10.2 Å². The highest BCUT2D eigenvalue weighted by Gasteiger charge is 2.19. The summed E-state index contributed by atoms with van der Waals surface area (Å²) in [7, 11) is 1.75. The lowest BCUT2D eigenvalue weighted by Gasteiger charge is -2.15. The van der Waals surface area contributed by atoms with Crippen molar-refractivity contribution in [3.8, 4) is 0 Å². The maximum Gasteiger partial charge on any atom is 0.276 e. The largest absolute Gasteiger partial charge is 0.324 e. The lowest BCUT2D eigenvalue weighted by Crippen LogP contribution is -2.25. The maximum atomic E-state index is 12.5.